The van der Waals surface area contributed by atoms with Crippen molar-refractivity contribution in [3.63, 3.8) is 0 Å². The van der Waals surface area contributed by atoms with Gasteiger partial charge in [0, 0.05) is 49.7 Å². The summed E-state index contributed by atoms with van der Waals surface area (Å²) in [6, 6.07) is 0. The Labute approximate surface area is 103 Å². The zero-order valence-corrected chi connectivity index (χ0v) is 10.8. The molecule has 0 unspecified atom stereocenters. The van der Waals surface area contributed by atoms with Crippen molar-refractivity contribution in [3.8, 4) is 0 Å². The smallest absolute Gasteiger partial charge is 0.169 e. The zero-order chi connectivity index (χ0) is 10.2. The van der Waals surface area contributed by atoms with Crippen LogP contribution in [-0.2, 0) is 32.8 Å². The number of carbonyl (C=O) groups excluding carboxylic acids is 1. The molecule has 0 atom stereocenters. The van der Waals surface area contributed by atoms with Gasteiger partial charge in [0.15, 0.2) is 5.79 Å². The molecule has 0 aromatic rings. The van der Waals surface area contributed by atoms with E-state index in [1.807, 2.05) is 0 Å². The van der Waals surface area contributed by atoms with Gasteiger partial charge in [0.2, 0.25) is 0 Å². The first kappa shape index (κ1) is 13.2. The number of ketones is 1. The van der Waals surface area contributed by atoms with Crippen LogP contribution in [-0.4, -0.2) is 24.8 Å². The van der Waals surface area contributed by atoms with Crippen molar-refractivity contribution < 1.29 is 32.8 Å². The van der Waals surface area contributed by atoms with Crippen molar-refractivity contribution in [2.75, 3.05) is 13.2 Å². The molecule has 1 aliphatic heterocycles. The van der Waals surface area contributed by atoms with E-state index in [0.717, 1.165) is 26.1 Å². The van der Waals surface area contributed by atoms with Crippen molar-refractivity contribution in [1.29, 1.82) is 0 Å². The fourth-order valence-corrected chi connectivity index (χ4v) is 1.94. The monoisotopic (exact) mass is 249 g/mol. The van der Waals surface area contributed by atoms with Crippen molar-refractivity contribution >= 4 is 5.78 Å². The number of hydrogen-bond donors (Lipinski definition) is 0. The number of carbonyl (C=O) groups is 1. The van der Waals surface area contributed by atoms with Crippen LogP contribution in [0.15, 0.2) is 0 Å². The van der Waals surface area contributed by atoms with Gasteiger partial charge in [-0.05, 0) is 0 Å². The van der Waals surface area contributed by atoms with Crippen LogP contribution in [0, 0.1) is 5.41 Å². The molecule has 2 fully saturated rings. The number of rotatable bonds is 0. The molecule has 2 aliphatic rings. The molecule has 1 saturated heterocycles. The fourth-order valence-electron chi connectivity index (χ4n) is 1.94. The molecule has 3 nitrogen and oxygen atoms in total. The van der Waals surface area contributed by atoms with Crippen LogP contribution >= 0.6 is 0 Å². The van der Waals surface area contributed by atoms with Crippen molar-refractivity contribution in [1.82, 2.24) is 0 Å². The predicted octanol–water partition coefficient (Wildman–Crippen LogP) is 1.90. The van der Waals surface area contributed by atoms with E-state index in [2.05, 4.69) is 13.8 Å². The molecular weight excluding hydrogens is 231 g/mol. The second-order valence-electron chi connectivity index (χ2n) is 5.19. The summed E-state index contributed by atoms with van der Waals surface area (Å²) in [6.45, 7) is 5.74. The van der Waals surface area contributed by atoms with Crippen LogP contribution in [0.1, 0.15) is 39.5 Å². The quantitative estimate of drug-likeness (QED) is 0.657. The summed E-state index contributed by atoms with van der Waals surface area (Å²) in [6.07, 6.45) is 2.70. The van der Waals surface area contributed by atoms with Crippen LogP contribution in [0.4, 0.5) is 0 Å². The minimum absolute atomic E-state index is 0. The van der Waals surface area contributed by atoms with Gasteiger partial charge in [-0.2, -0.15) is 0 Å². The molecule has 0 aromatic heterocycles. The fraction of sp³-hybridized carbons (Fsp3) is 0.909. The summed E-state index contributed by atoms with van der Waals surface area (Å²) in [7, 11) is 0. The molecule has 2 rings (SSSR count). The first-order chi connectivity index (χ1) is 6.52. The van der Waals surface area contributed by atoms with Crippen LogP contribution in [0.25, 0.3) is 0 Å². The Morgan fingerprint density at radius 3 is 2.00 bits per heavy atom. The Morgan fingerprint density at radius 1 is 1.07 bits per heavy atom. The van der Waals surface area contributed by atoms with Gasteiger partial charge in [0.05, 0.1) is 13.2 Å². The molecule has 15 heavy (non-hydrogen) atoms. The second-order valence-corrected chi connectivity index (χ2v) is 5.19. The van der Waals surface area contributed by atoms with Gasteiger partial charge in [0.1, 0.15) is 5.78 Å². The van der Waals surface area contributed by atoms with E-state index >= 15 is 0 Å². The Bertz CT molecular complexity index is 228. The summed E-state index contributed by atoms with van der Waals surface area (Å²) in [4.78, 5) is 11.1. The van der Waals surface area contributed by atoms with E-state index in [1.165, 1.54) is 0 Å². The third-order valence-corrected chi connectivity index (χ3v) is 3.02. The van der Waals surface area contributed by atoms with Gasteiger partial charge in [-0.15, -0.1) is 0 Å². The molecule has 0 aromatic carbocycles. The molecule has 1 radical (unpaired) electrons. The maximum atomic E-state index is 11.1. The largest absolute Gasteiger partial charge is 0.349 e. The number of ether oxygens (including phenoxy) is 2. The Kier molecular flexibility index (Phi) is 4.04. The molecule has 0 bridgehead atoms. The Balaban J connectivity index is 0.00000112. The van der Waals surface area contributed by atoms with E-state index < -0.39 is 5.79 Å². The second kappa shape index (κ2) is 4.58. The maximum absolute atomic E-state index is 11.1. The Hall–Kier alpha value is 0.174. The van der Waals surface area contributed by atoms with Crippen LogP contribution in [0.2, 0.25) is 0 Å². The standard InChI is InChI=1S/C11H18O3.V/c1-10(2)7-13-11(14-8-10)5-3-9(12)4-6-11;/h3-8H2,1-2H3;. The number of hydrogen-bond acceptors (Lipinski definition) is 3. The van der Waals surface area contributed by atoms with Gasteiger partial charge in [0.25, 0.3) is 0 Å². The van der Waals surface area contributed by atoms with Crippen LogP contribution in [0.5, 0.6) is 0 Å². The first-order valence-electron chi connectivity index (χ1n) is 5.31. The molecular formula is C11H18O3V. The number of Topliss-reactive ketones (excluding diaryl/α,β-unsaturated/α-hetero) is 1. The van der Waals surface area contributed by atoms with Gasteiger partial charge in [-0.3, -0.25) is 4.79 Å². The van der Waals surface area contributed by atoms with E-state index in [4.69, 9.17) is 9.47 Å². The van der Waals surface area contributed by atoms with Crippen LogP contribution < -0.4 is 0 Å². The molecule has 0 N–H and O–H groups in total. The topological polar surface area (TPSA) is 35.5 Å². The summed E-state index contributed by atoms with van der Waals surface area (Å²) in [5.74, 6) is -0.0867. The predicted molar refractivity (Wildman–Crippen MR) is 51.9 cm³/mol. The van der Waals surface area contributed by atoms with E-state index in [0.29, 0.717) is 18.6 Å². The van der Waals surface area contributed by atoms with Gasteiger partial charge < -0.3 is 9.47 Å². The van der Waals surface area contributed by atoms with Crippen molar-refractivity contribution in [2.24, 2.45) is 5.41 Å². The third-order valence-electron chi connectivity index (χ3n) is 3.02. The minimum Gasteiger partial charge on any atom is -0.349 e. The van der Waals surface area contributed by atoms with E-state index in [9.17, 15) is 4.79 Å². The van der Waals surface area contributed by atoms with Gasteiger partial charge in [-0.1, -0.05) is 13.8 Å². The molecule has 4 heteroatoms. The minimum atomic E-state index is -0.427. The molecule has 0 amide bonds. The van der Waals surface area contributed by atoms with E-state index in [1.54, 1.807) is 0 Å². The summed E-state index contributed by atoms with van der Waals surface area (Å²) < 4.78 is 11.6. The van der Waals surface area contributed by atoms with E-state index in [-0.39, 0.29) is 24.0 Å². The normalized spacial score (nSPS) is 28.5. The summed E-state index contributed by atoms with van der Waals surface area (Å²) in [5, 5.41) is 0. The average molecular weight is 249 g/mol. The van der Waals surface area contributed by atoms with Crippen molar-refractivity contribution in [3.05, 3.63) is 0 Å². The molecule has 1 saturated carbocycles. The van der Waals surface area contributed by atoms with Crippen molar-refractivity contribution in [2.45, 2.75) is 45.3 Å². The molecule has 1 heterocycles. The average Bonchev–Trinajstić information content (AvgIpc) is 2.16. The molecule has 1 spiro atoms. The zero-order valence-electron chi connectivity index (χ0n) is 9.41. The van der Waals surface area contributed by atoms with Gasteiger partial charge in [-0.25, -0.2) is 0 Å². The summed E-state index contributed by atoms with van der Waals surface area (Å²) in [5.41, 5.74) is 0.118. The van der Waals surface area contributed by atoms with Crippen LogP contribution in [0.3, 0.4) is 0 Å². The molecule has 85 valence electrons. The SMILES string of the molecule is CC1(C)COC2(CCC(=O)CC2)OC1.[V]. The first-order valence-corrected chi connectivity index (χ1v) is 5.31. The maximum Gasteiger partial charge on any atom is 0.169 e. The molecule has 1 aliphatic carbocycles. The van der Waals surface area contributed by atoms with Gasteiger partial charge >= 0.3 is 0 Å². The summed E-state index contributed by atoms with van der Waals surface area (Å²) >= 11 is 0. The third kappa shape index (κ3) is 3.07. The Morgan fingerprint density at radius 2 is 1.53 bits per heavy atom.